The molecule has 1 heterocycles. The number of hydrogen-bond donors (Lipinski definition) is 1. The first kappa shape index (κ1) is 23.8. The molecule has 2 aromatic carbocycles. The normalized spacial score (nSPS) is 17.0. The number of nitrogens with zero attached hydrogens (tertiary/aromatic N) is 2. The first-order valence-electron chi connectivity index (χ1n) is 10.9. The van der Waals surface area contributed by atoms with Crippen molar-refractivity contribution in [3.63, 3.8) is 0 Å². The number of likely N-dealkylation sites (N-methyl/N-ethyl adjacent to an activating group) is 1. The Morgan fingerprint density at radius 2 is 2.06 bits per heavy atom. The van der Waals surface area contributed by atoms with Gasteiger partial charge in [-0.25, -0.2) is 9.10 Å². The van der Waals surface area contributed by atoms with Gasteiger partial charge in [-0.3, -0.25) is 0 Å². The van der Waals surface area contributed by atoms with E-state index in [0.29, 0.717) is 6.04 Å². The van der Waals surface area contributed by atoms with Crippen LogP contribution < -0.4 is 4.90 Å². The number of unbranched alkanes of at least 4 members (excludes halogenated alkanes) is 1. The summed E-state index contributed by atoms with van der Waals surface area (Å²) in [6.07, 6.45) is 10.3. The molecular weight excluding hydrogens is 424 g/mol. The molecular formula is C25H32N2O2S2. The number of aryl methyl sites for hydroxylation is 1. The molecule has 0 aliphatic carbocycles. The smallest absolute Gasteiger partial charge is 0.327 e. The summed E-state index contributed by atoms with van der Waals surface area (Å²) in [5.41, 5.74) is 3.77. The number of thioether (sulfide) groups is 1. The maximum absolute atomic E-state index is 10.8. The van der Waals surface area contributed by atoms with Gasteiger partial charge in [0.15, 0.2) is 0 Å². The largest absolute Gasteiger partial charge is 0.478 e. The van der Waals surface area contributed by atoms with Crippen molar-refractivity contribution in [1.29, 1.82) is 0 Å². The van der Waals surface area contributed by atoms with Crippen molar-refractivity contribution in [2.45, 2.75) is 54.9 Å². The third-order valence-electron chi connectivity index (χ3n) is 5.60. The molecule has 6 heteroatoms. The van der Waals surface area contributed by atoms with Crippen LogP contribution in [0.15, 0.2) is 64.4 Å². The number of fused-ring (bicyclic) bond motifs is 1. The van der Waals surface area contributed by atoms with Crippen LogP contribution in [-0.4, -0.2) is 41.3 Å². The van der Waals surface area contributed by atoms with E-state index in [1.54, 1.807) is 17.8 Å². The van der Waals surface area contributed by atoms with Gasteiger partial charge in [-0.2, -0.15) is 0 Å². The summed E-state index contributed by atoms with van der Waals surface area (Å²) < 4.78 is 2.42. The van der Waals surface area contributed by atoms with E-state index in [9.17, 15) is 4.79 Å². The lowest BCUT2D eigenvalue weighted by molar-refractivity contribution is -0.131. The number of hydrogen-bond acceptors (Lipinski definition) is 5. The molecule has 0 aromatic heterocycles. The summed E-state index contributed by atoms with van der Waals surface area (Å²) in [4.78, 5) is 15.8. The molecule has 0 radical (unpaired) electrons. The van der Waals surface area contributed by atoms with Crippen LogP contribution >= 0.6 is 23.7 Å². The maximum atomic E-state index is 10.8. The first-order chi connectivity index (χ1) is 15.0. The molecule has 1 aliphatic heterocycles. The fraction of sp³-hybridized carbons (Fsp3) is 0.400. The second-order valence-electron chi connectivity index (χ2n) is 7.79. The molecule has 3 rings (SSSR count). The molecule has 0 bridgehead atoms. The molecule has 1 atom stereocenters. The fourth-order valence-electron chi connectivity index (χ4n) is 3.90. The lowest BCUT2D eigenvalue weighted by Crippen LogP contribution is -2.35. The number of rotatable bonds is 9. The fourth-order valence-corrected chi connectivity index (χ4v) is 5.64. The molecule has 0 saturated heterocycles. The van der Waals surface area contributed by atoms with E-state index in [1.807, 2.05) is 11.9 Å². The summed E-state index contributed by atoms with van der Waals surface area (Å²) in [5.74, 6) is -0.888. The minimum atomic E-state index is -0.888. The Labute approximate surface area is 194 Å². The van der Waals surface area contributed by atoms with Crippen molar-refractivity contribution in [3.05, 3.63) is 60.2 Å². The monoisotopic (exact) mass is 456 g/mol. The molecule has 4 nitrogen and oxygen atoms in total. The number of allylic oxidation sites excluding steroid dienone is 1. The highest BCUT2D eigenvalue weighted by Crippen LogP contribution is 2.44. The van der Waals surface area contributed by atoms with E-state index in [4.69, 9.17) is 5.11 Å². The van der Waals surface area contributed by atoms with Crippen LogP contribution in [0.2, 0.25) is 0 Å². The molecule has 0 spiro atoms. The zero-order valence-electron chi connectivity index (χ0n) is 18.6. The molecule has 0 saturated carbocycles. The van der Waals surface area contributed by atoms with E-state index in [-0.39, 0.29) is 0 Å². The average Bonchev–Trinajstić information content (AvgIpc) is 2.90. The van der Waals surface area contributed by atoms with Gasteiger partial charge in [0.05, 0.1) is 5.69 Å². The van der Waals surface area contributed by atoms with Gasteiger partial charge in [-0.05, 0) is 74.3 Å². The van der Waals surface area contributed by atoms with Gasteiger partial charge in [0.2, 0.25) is 0 Å². The molecule has 1 N–H and O–H groups in total. The second-order valence-corrected chi connectivity index (χ2v) is 9.84. The number of para-hydroxylation sites is 1. The highest BCUT2D eigenvalue weighted by molar-refractivity contribution is 7.98. The Kier molecular flexibility index (Phi) is 8.93. The third-order valence-corrected chi connectivity index (χ3v) is 7.53. The Morgan fingerprint density at radius 3 is 2.74 bits per heavy atom. The molecule has 0 fully saturated rings. The minimum absolute atomic E-state index is 0.470. The van der Waals surface area contributed by atoms with E-state index in [1.165, 1.54) is 52.1 Å². The van der Waals surface area contributed by atoms with Gasteiger partial charge in [-0.1, -0.05) is 44.0 Å². The van der Waals surface area contributed by atoms with Gasteiger partial charge in [0, 0.05) is 34.1 Å². The average molecular weight is 457 g/mol. The van der Waals surface area contributed by atoms with E-state index < -0.39 is 5.97 Å². The Bertz CT molecular complexity index is 902. The quantitative estimate of drug-likeness (QED) is 0.259. The van der Waals surface area contributed by atoms with Crippen molar-refractivity contribution in [1.82, 2.24) is 4.31 Å². The van der Waals surface area contributed by atoms with E-state index in [2.05, 4.69) is 71.9 Å². The molecule has 1 aliphatic rings. The number of anilines is 2. The summed E-state index contributed by atoms with van der Waals surface area (Å²) >= 11 is 3.60. The molecule has 31 heavy (non-hydrogen) atoms. The van der Waals surface area contributed by atoms with E-state index in [0.717, 1.165) is 19.4 Å². The molecule has 1 unspecified atom stereocenters. The van der Waals surface area contributed by atoms with Crippen molar-refractivity contribution >= 4 is 41.1 Å². The number of carbonyl (C=O) groups is 1. The van der Waals surface area contributed by atoms with Crippen LogP contribution in [0.1, 0.15) is 38.2 Å². The van der Waals surface area contributed by atoms with Crippen LogP contribution in [0.4, 0.5) is 11.4 Å². The van der Waals surface area contributed by atoms with E-state index >= 15 is 0 Å². The van der Waals surface area contributed by atoms with Gasteiger partial charge >= 0.3 is 5.97 Å². The number of carboxylic acid groups (broad SMARTS) is 1. The van der Waals surface area contributed by atoms with Crippen molar-refractivity contribution in [2.75, 3.05) is 24.7 Å². The Balaban J connectivity index is 1.98. The van der Waals surface area contributed by atoms with Crippen molar-refractivity contribution in [3.8, 4) is 0 Å². The summed E-state index contributed by atoms with van der Waals surface area (Å²) in [6.45, 7) is 3.22. The van der Waals surface area contributed by atoms with Crippen LogP contribution in [0.3, 0.4) is 0 Å². The zero-order valence-corrected chi connectivity index (χ0v) is 20.2. The van der Waals surface area contributed by atoms with Crippen molar-refractivity contribution < 1.29 is 9.90 Å². The summed E-state index contributed by atoms with van der Waals surface area (Å²) in [5, 5.41) is 8.85. The topological polar surface area (TPSA) is 43.8 Å². The predicted molar refractivity (Wildman–Crippen MR) is 134 cm³/mol. The standard InChI is InChI=1S/C25H32N2O2S2/c1-4-5-12-21-18-27(20-13-7-6-8-14-20)22-17-23(30-3)19(11-9-10-15-25(28)29)16-24(22)31-26(21)2/h6-8,10,13-17,21H,4-5,9,11-12,18H2,1-3H3,(H,28,29)/b15-10+. The minimum Gasteiger partial charge on any atom is -0.478 e. The Hall–Kier alpha value is -1.89. The predicted octanol–water partition coefficient (Wildman–Crippen LogP) is 6.63. The molecule has 166 valence electrons. The number of aliphatic carboxylic acids is 1. The van der Waals surface area contributed by atoms with Crippen molar-refractivity contribution in [2.24, 2.45) is 0 Å². The first-order valence-corrected chi connectivity index (χ1v) is 12.9. The SMILES string of the molecule is CCCCC1CN(c2ccccc2)c2cc(SC)c(CC/C=C/C(=O)O)cc2SN1C. The third kappa shape index (κ3) is 6.31. The lowest BCUT2D eigenvalue weighted by Gasteiger charge is -2.30. The highest BCUT2D eigenvalue weighted by atomic mass is 32.2. The van der Waals surface area contributed by atoms with Crippen LogP contribution in [0.25, 0.3) is 0 Å². The Morgan fingerprint density at radius 1 is 1.29 bits per heavy atom. The molecule has 2 aromatic rings. The molecule has 0 amide bonds. The van der Waals surface area contributed by atoms with Gasteiger partial charge in [0.1, 0.15) is 0 Å². The summed E-state index contributed by atoms with van der Waals surface area (Å²) in [6, 6.07) is 15.8. The maximum Gasteiger partial charge on any atom is 0.327 e. The number of carboxylic acids is 1. The van der Waals surface area contributed by atoms with Gasteiger partial charge < -0.3 is 10.0 Å². The van der Waals surface area contributed by atoms with Gasteiger partial charge in [0.25, 0.3) is 0 Å². The number of benzene rings is 2. The van der Waals surface area contributed by atoms with Crippen LogP contribution in [0.5, 0.6) is 0 Å². The zero-order chi connectivity index (χ0) is 22.2. The van der Waals surface area contributed by atoms with Crippen LogP contribution in [-0.2, 0) is 11.2 Å². The second kappa shape index (κ2) is 11.7. The highest BCUT2D eigenvalue weighted by Gasteiger charge is 2.28. The lowest BCUT2D eigenvalue weighted by atomic mass is 10.1. The van der Waals surface area contributed by atoms with Gasteiger partial charge in [-0.15, -0.1) is 11.8 Å². The summed E-state index contributed by atoms with van der Waals surface area (Å²) in [7, 11) is 2.21. The van der Waals surface area contributed by atoms with Crippen LogP contribution in [0, 0.1) is 0 Å².